The van der Waals surface area contributed by atoms with E-state index in [-0.39, 0.29) is 0 Å². The van der Waals surface area contributed by atoms with E-state index in [0.29, 0.717) is 6.10 Å². The molecule has 0 saturated heterocycles. The van der Waals surface area contributed by atoms with Gasteiger partial charge in [0, 0.05) is 18.3 Å². The van der Waals surface area contributed by atoms with Crippen LogP contribution in [-0.2, 0) is 13.0 Å². The molecule has 0 radical (unpaired) electrons. The summed E-state index contributed by atoms with van der Waals surface area (Å²) in [6.45, 7) is 6.30. The zero-order valence-electron chi connectivity index (χ0n) is 12.2. The zero-order valence-corrected chi connectivity index (χ0v) is 12.2. The van der Waals surface area contributed by atoms with Gasteiger partial charge in [-0.05, 0) is 56.7 Å². The summed E-state index contributed by atoms with van der Waals surface area (Å²) in [5.74, 6) is 0.819. The molecule has 1 aliphatic rings. The lowest BCUT2D eigenvalue weighted by Gasteiger charge is -2.14. The van der Waals surface area contributed by atoms with Crippen LogP contribution in [0.3, 0.4) is 0 Å². The number of hydrogen-bond donors (Lipinski definition) is 1. The molecule has 0 aromatic carbocycles. The van der Waals surface area contributed by atoms with Crippen LogP contribution in [0.15, 0.2) is 12.1 Å². The smallest absolute Gasteiger partial charge is 0.214 e. The molecule has 1 saturated carbocycles. The number of aryl methyl sites for hydroxylation is 1. The molecule has 1 aromatic heterocycles. The second-order valence-corrected chi connectivity index (χ2v) is 5.36. The average molecular weight is 262 g/mol. The van der Waals surface area contributed by atoms with Crippen molar-refractivity contribution >= 4 is 0 Å². The third-order valence-electron chi connectivity index (χ3n) is 3.62. The SMILES string of the molecule is CCCNCc1cc(CC)nc(OC2CCCC2)c1. The van der Waals surface area contributed by atoms with Crippen molar-refractivity contribution in [2.75, 3.05) is 6.54 Å². The second kappa shape index (κ2) is 7.49. The van der Waals surface area contributed by atoms with E-state index in [1.807, 2.05) is 0 Å². The monoisotopic (exact) mass is 262 g/mol. The lowest BCUT2D eigenvalue weighted by molar-refractivity contribution is 0.200. The first-order chi connectivity index (χ1) is 9.31. The third kappa shape index (κ3) is 4.50. The molecule has 3 heteroatoms. The number of nitrogens with one attached hydrogen (secondary N) is 1. The molecule has 0 spiro atoms. The summed E-state index contributed by atoms with van der Waals surface area (Å²) in [4.78, 5) is 4.59. The van der Waals surface area contributed by atoms with Crippen LogP contribution in [-0.4, -0.2) is 17.6 Å². The minimum Gasteiger partial charge on any atom is -0.474 e. The average Bonchev–Trinajstić information content (AvgIpc) is 2.91. The molecule has 1 heterocycles. The quantitative estimate of drug-likeness (QED) is 0.764. The fourth-order valence-electron chi connectivity index (χ4n) is 2.55. The highest BCUT2D eigenvalue weighted by Gasteiger charge is 2.17. The van der Waals surface area contributed by atoms with Crippen LogP contribution in [0, 0.1) is 0 Å². The Morgan fingerprint density at radius 2 is 2.05 bits per heavy atom. The van der Waals surface area contributed by atoms with Gasteiger partial charge in [0.2, 0.25) is 5.88 Å². The molecular formula is C16H26N2O. The van der Waals surface area contributed by atoms with E-state index in [0.717, 1.165) is 37.5 Å². The molecular weight excluding hydrogens is 236 g/mol. The first-order valence-electron chi connectivity index (χ1n) is 7.69. The first kappa shape index (κ1) is 14.3. The lowest BCUT2D eigenvalue weighted by atomic mass is 10.2. The van der Waals surface area contributed by atoms with Crippen molar-refractivity contribution in [3.63, 3.8) is 0 Å². The zero-order chi connectivity index (χ0) is 13.5. The van der Waals surface area contributed by atoms with Gasteiger partial charge in [0.05, 0.1) is 0 Å². The highest BCUT2D eigenvalue weighted by molar-refractivity contribution is 5.25. The van der Waals surface area contributed by atoms with Crippen LogP contribution in [0.25, 0.3) is 0 Å². The van der Waals surface area contributed by atoms with Gasteiger partial charge in [0.1, 0.15) is 6.10 Å². The molecule has 2 rings (SSSR count). The number of aromatic nitrogens is 1. The number of ether oxygens (including phenoxy) is 1. The lowest BCUT2D eigenvalue weighted by Crippen LogP contribution is -2.16. The summed E-state index contributed by atoms with van der Waals surface area (Å²) >= 11 is 0. The van der Waals surface area contributed by atoms with Crippen molar-refractivity contribution in [1.29, 1.82) is 0 Å². The van der Waals surface area contributed by atoms with Gasteiger partial charge in [0.25, 0.3) is 0 Å². The summed E-state index contributed by atoms with van der Waals surface area (Å²) in [5, 5.41) is 3.44. The Morgan fingerprint density at radius 3 is 2.74 bits per heavy atom. The van der Waals surface area contributed by atoms with E-state index < -0.39 is 0 Å². The predicted molar refractivity (Wildman–Crippen MR) is 78.5 cm³/mol. The molecule has 1 fully saturated rings. The van der Waals surface area contributed by atoms with E-state index >= 15 is 0 Å². The van der Waals surface area contributed by atoms with Gasteiger partial charge in [-0.3, -0.25) is 0 Å². The van der Waals surface area contributed by atoms with E-state index in [1.165, 1.54) is 31.2 Å². The maximum atomic E-state index is 6.03. The summed E-state index contributed by atoms with van der Waals surface area (Å²) in [7, 11) is 0. The highest BCUT2D eigenvalue weighted by Crippen LogP contribution is 2.24. The summed E-state index contributed by atoms with van der Waals surface area (Å²) in [5.41, 5.74) is 2.41. The molecule has 3 nitrogen and oxygen atoms in total. The van der Waals surface area contributed by atoms with E-state index in [4.69, 9.17) is 4.74 Å². The van der Waals surface area contributed by atoms with Crippen LogP contribution >= 0.6 is 0 Å². The Kier molecular flexibility index (Phi) is 5.64. The fourth-order valence-corrected chi connectivity index (χ4v) is 2.55. The van der Waals surface area contributed by atoms with E-state index in [2.05, 4.69) is 36.3 Å². The van der Waals surface area contributed by atoms with Gasteiger partial charge in [-0.1, -0.05) is 13.8 Å². The van der Waals surface area contributed by atoms with Gasteiger partial charge in [-0.25, -0.2) is 4.98 Å². The molecule has 0 unspecified atom stereocenters. The Labute approximate surface area is 116 Å². The summed E-state index contributed by atoms with van der Waals surface area (Å²) < 4.78 is 6.03. The Bertz CT molecular complexity index is 386. The maximum Gasteiger partial charge on any atom is 0.214 e. The van der Waals surface area contributed by atoms with Gasteiger partial charge in [-0.2, -0.15) is 0 Å². The van der Waals surface area contributed by atoms with Gasteiger partial charge in [0.15, 0.2) is 0 Å². The van der Waals surface area contributed by atoms with E-state index in [9.17, 15) is 0 Å². The minimum atomic E-state index is 0.385. The first-order valence-corrected chi connectivity index (χ1v) is 7.69. The molecule has 0 atom stereocenters. The molecule has 1 aliphatic carbocycles. The maximum absolute atomic E-state index is 6.03. The molecule has 0 amide bonds. The fraction of sp³-hybridized carbons (Fsp3) is 0.688. The minimum absolute atomic E-state index is 0.385. The van der Waals surface area contributed by atoms with Crippen molar-refractivity contribution in [3.05, 3.63) is 23.4 Å². The van der Waals surface area contributed by atoms with Crippen LogP contribution < -0.4 is 10.1 Å². The molecule has 1 aromatic rings. The topological polar surface area (TPSA) is 34.2 Å². The number of hydrogen-bond acceptors (Lipinski definition) is 3. The van der Waals surface area contributed by atoms with Crippen molar-refractivity contribution in [3.8, 4) is 5.88 Å². The van der Waals surface area contributed by atoms with Crippen molar-refractivity contribution in [2.45, 2.75) is 65.0 Å². The molecule has 19 heavy (non-hydrogen) atoms. The van der Waals surface area contributed by atoms with Crippen LogP contribution in [0.5, 0.6) is 5.88 Å². The molecule has 0 bridgehead atoms. The Morgan fingerprint density at radius 1 is 1.26 bits per heavy atom. The van der Waals surface area contributed by atoms with Gasteiger partial charge in [-0.15, -0.1) is 0 Å². The second-order valence-electron chi connectivity index (χ2n) is 5.36. The van der Waals surface area contributed by atoms with Crippen LogP contribution in [0.1, 0.15) is 57.2 Å². The van der Waals surface area contributed by atoms with Gasteiger partial charge >= 0.3 is 0 Å². The standard InChI is InChI=1S/C16H26N2O/c1-3-9-17-12-13-10-14(4-2)18-16(11-13)19-15-7-5-6-8-15/h10-11,15,17H,3-9,12H2,1-2H3. The normalized spacial score (nSPS) is 15.9. The van der Waals surface area contributed by atoms with Gasteiger partial charge < -0.3 is 10.1 Å². The van der Waals surface area contributed by atoms with Crippen LogP contribution in [0.2, 0.25) is 0 Å². The summed E-state index contributed by atoms with van der Waals surface area (Å²) in [6, 6.07) is 4.28. The Hall–Kier alpha value is -1.09. The van der Waals surface area contributed by atoms with Crippen molar-refractivity contribution < 1.29 is 4.74 Å². The third-order valence-corrected chi connectivity index (χ3v) is 3.62. The van der Waals surface area contributed by atoms with E-state index in [1.54, 1.807) is 0 Å². The van der Waals surface area contributed by atoms with Crippen molar-refractivity contribution in [2.24, 2.45) is 0 Å². The number of pyridine rings is 1. The number of nitrogens with zero attached hydrogens (tertiary/aromatic N) is 1. The van der Waals surface area contributed by atoms with Crippen molar-refractivity contribution in [1.82, 2.24) is 10.3 Å². The molecule has 1 N–H and O–H groups in total. The Balaban J connectivity index is 2.01. The molecule has 0 aliphatic heterocycles. The van der Waals surface area contributed by atoms with Crippen LogP contribution in [0.4, 0.5) is 0 Å². The molecule has 106 valence electrons. The predicted octanol–water partition coefficient (Wildman–Crippen LogP) is 3.47. The number of rotatable bonds is 7. The highest BCUT2D eigenvalue weighted by atomic mass is 16.5. The summed E-state index contributed by atoms with van der Waals surface area (Å²) in [6.07, 6.45) is 7.46. The largest absolute Gasteiger partial charge is 0.474 e.